The maximum Gasteiger partial charge on any atom is 0.328 e. The second-order valence-electron chi connectivity index (χ2n) is 5.37. The van der Waals surface area contributed by atoms with Crippen LogP contribution >= 0.6 is 11.6 Å². The molecule has 1 aliphatic rings. The molecule has 0 bridgehead atoms. The van der Waals surface area contributed by atoms with Crippen molar-refractivity contribution in [3.8, 4) is 0 Å². The first-order valence-corrected chi connectivity index (χ1v) is 7.40. The molecule has 1 heterocycles. The van der Waals surface area contributed by atoms with Gasteiger partial charge < -0.3 is 10.0 Å². The Bertz CT molecular complexity index is 513. The fourth-order valence-electron chi connectivity index (χ4n) is 2.65. The summed E-state index contributed by atoms with van der Waals surface area (Å²) in [5.74, 6) is -0.207. The van der Waals surface area contributed by atoms with Crippen LogP contribution < -0.4 is 4.90 Å². The van der Waals surface area contributed by atoms with Crippen LogP contribution in [0.5, 0.6) is 0 Å². The van der Waals surface area contributed by atoms with Crippen LogP contribution in [0.3, 0.4) is 0 Å². The first-order valence-electron chi connectivity index (χ1n) is 7.02. The Morgan fingerprint density at radius 1 is 1.40 bits per heavy atom. The summed E-state index contributed by atoms with van der Waals surface area (Å²) in [6.07, 6.45) is 6.32. The molecule has 0 radical (unpaired) electrons. The molecule has 0 aliphatic carbocycles. The average molecular weight is 294 g/mol. The van der Waals surface area contributed by atoms with Crippen LogP contribution in [0.2, 0.25) is 5.02 Å². The normalized spacial score (nSPS) is 20.1. The Labute approximate surface area is 124 Å². The highest BCUT2D eigenvalue weighted by molar-refractivity contribution is 6.33. The van der Waals surface area contributed by atoms with Crippen molar-refractivity contribution in [1.29, 1.82) is 0 Å². The van der Waals surface area contributed by atoms with Gasteiger partial charge in [0.1, 0.15) is 0 Å². The Kier molecular flexibility index (Phi) is 5.07. The van der Waals surface area contributed by atoms with Gasteiger partial charge in [0.15, 0.2) is 0 Å². The summed E-state index contributed by atoms with van der Waals surface area (Å²) in [5.41, 5.74) is 1.83. The van der Waals surface area contributed by atoms with Gasteiger partial charge in [-0.15, -0.1) is 0 Å². The minimum Gasteiger partial charge on any atom is -0.478 e. The molecule has 1 aromatic rings. The van der Waals surface area contributed by atoms with Gasteiger partial charge in [-0.2, -0.15) is 0 Å². The number of anilines is 1. The molecule has 20 heavy (non-hydrogen) atoms. The monoisotopic (exact) mass is 293 g/mol. The lowest BCUT2D eigenvalue weighted by Crippen LogP contribution is -2.25. The highest BCUT2D eigenvalue weighted by atomic mass is 35.5. The first-order chi connectivity index (χ1) is 9.58. The molecular formula is C16H20ClNO2. The number of para-hydroxylation sites is 1. The number of carboxylic acids is 1. The van der Waals surface area contributed by atoms with Crippen molar-refractivity contribution < 1.29 is 9.90 Å². The zero-order valence-corrected chi connectivity index (χ0v) is 12.4. The smallest absolute Gasteiger partial charge is 0.328 e. The molecule has 1 unspecified atom stereocenters. The van der Waals surface area contributed by atoms with Gasteiger partial charge in [0.25, 0.3) is 0 Å². The first kappa shape index (κ1) is 14.9. The summed E-state index contributed by atoms with van der Waals surface area (Å²) in [5, 5.41) is 9.48. The predicted molar refractivity (Wildman–Crippen MR) is 83.3 cm³/mol. The summed E-state index contributed by atoms with van der Waals surface area (Å²) in [6, 6.07) is 5.63. The Morgan fingerprint density at radius 2 is 2.20 bits per heavy atom. The fourth-order valence-corrected chi connectivity index (χ4v) is 2.95. The maximum atomic E-state index is 10.7. The lowest BCUT2D eigenvalue weighted by atomic mass is 10.0. The van der Waals surface area contributed by atoms with Crippen molar-refractivity contribution in [1.82, 2.24) is 0 Å². The molecule has 1 aliphatic heterocycles. The number of halogens is 1. The molecule has 0 saturated carbocycles. The predicted octanol–water partition coefficient (Wildman–Crippen LogP) is 4.06. The minimum absolute atomic E-state index is 0.687. The number of aliphatic carboxylic acids is 1. The van der Waals surface area contributed by atoms with E-state index in [0.29, 0.717) is 5.02 Å². The SMILES string of the molecule is CC1CCCN(c2c(Cl)cccc2/C=C/C(=O)O)CC1. The van der Waals surface area contributed by atoms with Crippen molar-refractivity contribution in [3.63, 3.8) is 0 Å². The number of carbonyl (C=O) groups is 1. The highest BCUT2D eigenvalue weighted by Crippen LogP contribution is 2.33. The largest absolute Gasteiger partial charge is 0.478 e. The van der Waals surface area contributed by atoms with Gasteiger partial charge >= 0.3 is 5.97 Å². The van der Waals surface area contributed by atoms with Crippen LogP contribution in [-0.4, -0.2) is 24.2 Å². The van der Waals surface area contributed by atoms with Crippen molar-refractivity contribution >= 4 is 29.3 Å². The van der Waals surface area contributed by atoms with Crippen molar-refractivity contribution in [2.75, 3.05) is 18.0 Å². The molecule has 1 N–H and O–H groups in total. The van der Waals surface area contributed by atoms with Gasteiger partial charge in [-0.05, 0) is 42.9 Å². The third-order valence-corrected chi connectivity index (χ3v) is 4.06. The maximum absolute atomic E-state index is 10.7. The number of nitrogens with zero attached hydrogens (tertiary/aromatic N) is 1. The number of rotatable bonds is 3. The molecule has 2 rings (SSSR count). The average Bonchev–Trinajstić information content (AvgIpc) is 2.61. The van der Waals surface area contributed by atoms with Crippen molar-refractivity contribution in [3.05, 3.63) is 34.9 Å². The molecule has 108 valence electrons. The van der Waals surface area contributed by atoms with Gasteiger partial charge in [0, 0.05) is 19.2 Å². The molecule has 1 aromatic carbocycles. The highest BCUT2D eigenvalue weighted by Gasteiger charge is 2.18. The van der Waals surface area contributed by atoms with Gasteiger partial charge in [-0.25, -0.2) is 4.79 Å². The second kappa shape index (κ2) is 6.80. The van der Waals surface area contributed by atoms with E-state index in [2.05, 4.69) is 11.8 Å². The molecule has 0 spiro atoms. The van der Waals surface area contributed by atoms with E-state index in [4.69, 9.17) is 16.7 Å². The summed E-state index contributed by atoms with van der Waals surface area (Å²) in [7, 11) is 0. The van der Waals surface area contributed by atoms with Crippen LogP contribution in [0.1, 0.15) is 31.7 Å². The van der Waals surface area contributed by atoms with E-state index in [0.717, 1.165) is 49.2 Å². The molecule has 1 fully saturated rings. The molecule has 0 amide bonds. The van der Waals surface area contributed by atoms with E-state index < -0.39 is 5.97 Å². The molecular weight excluding hydrogens is 274 g/mol. The van der Waals surface area contributed by atoms with E-state index in [9.17, 15) is 4.79 Å². The Morgan fingerprint density at radius 3 is 2.95 bits per heavy atom. The van der Waals surface area contributed by atoms with E-state index in [-0.39, 0.29) is 0 Å². The second-order valence-corrected chi connectivity index (χ2v) is 5.78. The number of benzene rings is 1. The Balaban J connectivity index is 2.31. The number of hydrogen-bond donors (Lipinski definition) is 1. The van der Waals surface area contributed by atoms with E-state index in [1.165, 1.54) is 6.42 Å². The zero-order valence-electron chi connectivity index (χ0n) is 11.7. The molecule has 0 aromatic heterocycles. The molecule has 1 saturated heterocycles. The standard InChI is InChI=1S/C16H20ClNO2/c1-12-4-3-10-18(11-9-12)16-13(7-8-15(19)20)5-2-6-14(16)17/h2,5-8,12H,3-4,9-11H2,1H3,(H,19,20)/b8-7+. The summed E-state index contributed by atoms with van der Waals surface area (Å²) >= 11 is 6.34. The van der Waals surface area contributed by atoms with Gasteiger partial charge in [0.05, 0.1) is 10.7 Å². The quantitative estimate of drug-likeness (QED) is 0.854. The van der Waals surface area contributed by atoms with Crippen LogP contribution in [0.4, 0.5) is 5.69 Å². The molecule has 1 atom stereocenters. The van der Waals surface area contributed by atoms with Gasteiger partial charge in [-0.3, -0.25) is 0 Å². The topological polar surface area (TPSA) is 40.5 Å². The van der Waals surface area contributed by atoms with Crippen LogP contribution in [0.25, 0.3) is 6.08 Å². The van der Waals surface area contributed by atoms with Gasteiger partial charge in [-0.1, -0.05) is 30.7 Å². The van der Waals surface area contributed by atoms with E-state index in [1.807, 2.05) is 18.2 Å². The van der Waals surface area contributed by atoms with E-state index in [1.54, 1.807) is 6.08 Å². The number of carboxylic acid groups (broad SMARTS) is 1. The van der Waals surface area contributed by atoms with E-state index >= 15 is 0 Å². The van der Waals surface area contributed by atoms with Crippen LogP contribution in [0.15, 0.2) is 24.3 Å². The summed E-state index contributed by atoms with van der Waals surface area (Å²) in [6.45, 7) is 4.22. The van der Waals surface area contributed by atoms with Crippen molar-refractivity contribution in [2.45, 2.75) is 26.2 Å². The van der Waals surface area contributed by atoms with Gasteiger partial charge in [0.2, 0.25) is 0 Å². The summed E-state index contributed by atoms with van der Waals surface area (Å²) in [4.78, 5) is 13.0. The number of hydrogen-bond acceptors (Lipinski definition) is 2. The lowest BCUT2D eigenvalue weighted by Gasteiger charge is -2.26. The van der Waals surface area contributed by atoms with Crippen molar-refractivity contribution in [2.24, 2.45) is 5.92 Å². The molecule has 3 nitrogen and oxygen atoms in total. The third kappa shape index (κ3) is 3.76. The third-order valence-electron chi connectivity index (χ3n) is 3.76. The molecule has 4 heteroatoms. The zero-order chi connectivity index (χ0) is 14.5. The van der Waals surface area contributed by atoms with Crippen LogP contribution in [0, 0.1) is 5.92 Å². The lowest BCUT2D eigenvalue weighted by molar-refractivity contribution is -0.131. The fraction of sp³-hybridized carbons (Fsp3) is 0.438. The Hall–Kier alpha value is -1.48. The van der Waals surface area contributed by atoms with Crippen LogP contribution in [-0.2, 0) is 4.79 Å². The minimum atomic E-state index is -0.944. The summed E-state index contributed by atoms with van der Waals surface area (Å²) < 4.78 is 0.